The molecule has 1 heterocycles. The fourth-order valence-electron chi connectivity index (χ4n) is 3.93. The topological polar surface area (TPSA) is 113 Å². The number of halogens is 2. The Labute approximate surface area is 194 Å². The molecule has 0 saturated heterocycles. The zero-order valence-electron chi connectivity index (χ0n) is 17.8. The van der Waals surface area contributed by atoms with E-state index in [1.165, 1.54) is 12.8 Å². The van der Waals surface area contributed by atoms with E-state index in [2.05, 4.69) is 10.4 Å². The van der Waals surface area contributed by atoms with Gasteiger partial charge in [0.2, 0.25) is 0 Å². The number of aliphatic hydroxyl groups is 2. The van der Waals surface area contributed by atoms with Gasteiger partial charge in [-0.3, -0.25) is 9.48 Å². The molecule has 1 fully saturated rings. The molecule has 1 aliphatic rings. The van der Waals surface area contributed by atoms with Gasteiger partial charge in [-0.15, -0.1) is 12.4 Å². The van der Waals surface area contributed by atoms with E-state index < -0.39 is 18.2 Å². The minimum atomic E-state index is -0.880. The van der Waals surface area contributed by atoms with Crippen LogP contribution < -0.4 is 11.1 Å². The van der Waals surface area contributed by atoms with Crippen molar-refractivity contribution in [2.45, 2.75) is 64.3 Å². The van der Waals surface area contributed by atoms with Crippen LogP contribution in [0, 0.1) is 12.8 Å². The summed E-state index contributed by atoms with van der Waals surface area (Å²) in [5.74, 6) is -0.320. The molecule has 9 heteroatoms. The van der Waals surface area contributed by atoms with Gasteiger partial charge in [0.25, 0.3) is 5.91 Å². The number of aromatic nitrogens is 2. The average molecular weight is 471 g/mol. The van der Waals surface area contributed by atoms with Gasteiger partial charge >= 0.3 is 0 Å². The van der Waals surface area contributed by atoms with Crippen molar-refractivity contribution in [3.63, 3.8) is 0 Å². The third-order valence-electron chi connectivity index (χ3n) is 5.77. The van der Waals surface area contributed by atoms with Crippen LogP contribution >= 0.6 is 24.0 Å². The van der Waals surface area contributed by atoms with Gasteiger partial charge in [0.05, 0.1) is 28.9 Å². The molecule has 2 unspecified atom stereocenters. The first-order valence-electron chi connectivity index (χ1n) is 10.6. The first kappa shape index (κ1) is 25.6. The van der Waals surface area contributed by atoms with Crippen LogP contribution in [0.1, 0.15) is 54.6 Å². The lowest BCUT2D eigenvalue weighted by Gasteiger charge is -2.22. The van der Waals surface area contributed by atoms with Gasteiger partial charge < -0.3 is 21.3 Å². The molecule has 1 aromatic heterocycles. The smallest absolute Gasteiger partial charge is 0.254 e. The molecule has 3 rings (SSSR count). The second-order valence-electron chi connectivity index (χ2n) is 8.11. The fraction of sp³-hybridized carbons (Fsp3) is 0.545. The van der Waals surface area contributed by atoms with E-state index >= 15 is 0 Å². The Bertz CT molecular complexity index is 866. The van der Waals surface area contributed by atoms with Gasteiger partial charge in [-0.25, -0.2) is 0 Å². The van der Waals surface area contributed by atoms with Crippen LogP contribution in [0.5, 0.6) is 0 Å². The number of nitrogens with one attached hydrogen (secondary N) is 1. The Morgan fingerprint density at radius 1 is 1.26 bits per heavy atom. The lowest BCUT2D eigenvalue weighted by atomic mass is 9.98. The molecule has 1 amide bonds. The largest absolute Gasteiger partial charge is 0.390 e. The van der Waals surface area contributed by atoms with Crippen molar-refractivity contribution in [1.82, 2.24) is 15.1 Å². The molecule has 7 nitrogen and oxygen atoms in total. The predicted octanol–water partition coefficient (Wildman–Crippen LogP) is 3.27. The molecule has 1 aliphatic carbocycles. The van der Waals surface area contributed by atoms with Crippen molar-refractivity contribution in [2.75, 3.05) is 6.54 Å². The monoisotopic (exact) mass is 470 g/mol. The minimum Gasteiger partial charge on any atom is -0.390 e. The molecule has 0 aliphatic heterocycles. The summed E-state index contributed by atoms with van der Waals surface area (Å²) in [5.41, 5.74) is 8.07. The molecule has 5 N–H and O–H groups in total. The molecule has 1 aromatic carbocycles. The highest BCUT2D eigenvalue weighted by Gasteiger charge is 2.24. The van der Waals surface area contributed by atoms with Crippen molar-refractivity contribution < 1.29 is 15.0 Å². The van der Waals surface area contributed by atoms with Crippen molar-refractivity contribution in [1.29, 1.82) is 0 Å². The van der Waals surface area contributed by atoms with Gasteiger partial charge in [-0.1, -0.05) is 43.4 Å². The molecule has 0 radical (unpaired) electrons. The van der Waals surface area contributed by atoms with Crippen LogP contribution in [0.15, 0.2) is 24.3 Å². The first-order chi connectivity index (χ1) is 14.4. The number of nitrogens with two attached hydrogens (primary N) is 1. The zero-order chi connectivity index (χ0) is 21.7. The standard InChI is InChI=1S/C22H31ClN4O3.ClH/c1-14-10-20(26-27(14)13-17(28)12-24)16-8-9-19(23)18(11-16)22(30)25-21(29)15-6-4-2-3-5-7-15;/h8-11,15,17,21,28-29H,2-7,12-13,24H2,1H3,(H,25,30);1H. The second kappa shape index (κ2) is 11.8. The maximum absolute atomic E-state index is 12.8. The Morgan fingerprint density at radius 3 is 2.58 bits per heavy atom. The maximum Gasteiger partial charge on any atom is 0.254 e. The number of amides is 1. The molecule has 0 bridgehead atoms. The van der Waals surface area contributed by atoms with E-state index in [4.69, 9.17) is 17.3 Å². The third kappa shape index (κ3) is 6.67. The summed E-state index contributed by atoms with van der Waals surface area (Å²) >= 11 is 6.28. The number of benzene rings is 1. The highest BCUT2D eigenvalue weighted by Crippen LogP contribution is 2.27. The van der Waals surface area contributed by atoms with E-state index in [0.29, 0.717) is 22.8 Å². The Hall–Kier alpha value is -1.64. The fourth-order valence-corrected chi connectivity index (χ4v) is 4.13. The van der Waals surface area contributed by atoms with E-state index in [1.54, 1.807) is 22.9 Å². The van der Waals surface area contributed by atoms with Crippen molar-refractivity contribution in [3.8, 4) is 11.3 Å². The van der Waals surface area contributed by atoms with Crippen LogP contribution in [-0.4, -0.2) is 44.8 Å². The lowest BCUT2D eigenvalue weighted by Crippen LogP contribution is -2.40. The van der Waals surface area contributed by atoms with Gasteiger partial charge in [0.15, 0.2) is 0 Å². The Balaban J connectivity index is 0.00000341. The summed E-state index contributed by atoms with van der Waals surface area (Å²) in [6, 6.07) is 7.02. The van der Waals surface area contributed by atoms with Crippen LogP contribution in [0.25, 0.3) is 11.3 Å². The first-order valence-corrected chi connectivity index (χ1v) is 11.0. The summed E-state index contributed by atoms with van der Waals surface area (Å²) in [6.07, 6.45) is 4.80. The highest BCUT2D eigenvalue weighted by atomic mass is 35.5. The van der Waals surface area contributed by atoms with Crippen LogP contribution in [0.3, 0.4) is 0 Å². The summed E-state index contributed by atoms with van der Waals surface area (Å²) < 4.78 is 1.69. The van der Waals surface area contributed by atoms with Crippen molar-refractivity contribution in [3.05, 3.63) is 40.5 Å². The number of aryl methyl sites for hydroxylation is 1. The molecule has 172 valence electrons. The number of rotatable bonds is 7. The number of hydrogen-bond acceptors (Lipinski definition) is 5. The maximum atomic E-state index is 12.8. The molecule has 0 spiro atoms. The van der Waals surface area contributed by atoms with Gasteiger partial charge in [-0.05, 0) is 38.0 Å². The minimum absolute atomic E-state index is 0. The summed E-state index contributed by atoms with van der Waals surface area (Å²) in [7, 11) is 0. The van der Waals surface area contributed by atoms with E-state index in [9.17, 15) is 15.0 Å². The molecule has 2 atom stereocenters. The Morgan fingerprint density at radius 2 is 1.94 bits per heavy atom. The number of aliphatic hydroxyl groups excluding tert-OH is 2. The summed E-state index contributed by atoms with van der Waals surface area (Å²) in [4.78, 5) is 12.8. The predicted molar refractivity (Wildman–Crippen MR) is 124 cm³/mol. The quantitative estimate of drug-likeness (QED) is 0.366. The second-order valence-corrected chi connectivity index (χ2v) is 8.51. The van der Waals surface area contributed by atoms with E-state index in [-0.39, 0.29) is 24.9 Å². The van der Waals surface area contributed by atoms with Crippen molar-refractivity contribution in [2.24, 2.45) is 11.7 Å². The number of carbonyl (C=O) groups excluding carboxylic acids is 1. The van der Waals surface area contributed by atoms with E-state index in [0.717, 1.165) is 36.9 Å². The highest BCUT2D eigenvalue weighted by molar-refractivity contribution is 6.34. The Kier molecular flexibility index (Phi) is 9.78. The van der Waals surface area contributed by atoms with Crippen LogP contribution in [-0.2, 0) is 6.54 Å². The van der Waals surface area contributed by atoms with Crippen LogP contribution in [0.2, 0.25) is 5.02 Å². The van der Waals surface area contributed by atoms with Gasteiger partial charge in [0.1, 0.15) is 6.23 Å². The number of carbonyl (C=O) groups is 1. The molecule has 31 heavy (non-hydrogen) atoms. The van der Waals surface area contributed by atoms with Gasteiger partial charge in [0, 0.05) is 23.7 Å². The molecule has 2 aromatic rings. The number of nitrogens with zero attached hydrogens (tertiary/aromatic N) is 2. The van der Waals surface area contributed by atoms with Gasteiger partial charge in [-0.2, -0.15) is 5.10 Å². The SMILES string of the molecule is Cc1cc(-c2ccc(Cl)c(C(=O)NC(O)C3CCCCCC3)c2)nn1CC(O)CN.Cl. The molecule has 1 saturated carbocycles. The molecular formula is C22H32Cl2N4O3. The zero-order valence-corrected chi connectivity index (χ0v) is 19.3. The number of hydrogen-bond donors (Lipinski definition) is 4. The summed E-state index contributed by atoms with van der Waals surface area (Å²) in [6.45, 7) is 2.35. The van der Waals surface area contributed by atoms with Crippen LogP contribution in [0.4, 0.5) is 0 Å². The molecular weight excluding hydrogens is 439 g/mol. The van der Waals surface area contributed by atoms with E-state index in [1.807, 2.05) is 13.0 Å². The van der Waals surface area contributed by atoms with Crippen molar-refractivity contribution >= 4 is 29.9 Å². The third-order valence-corrected chi connectivity index (χ3v) is 6.10. The normalized spacial score (nSPS) is 16.8. The summed E-state index contributed by atoms with van der Waals surface area (Å²) in [5, 5.41) is 27.9. The average Bonchev–Trinajstić information content (AvgIpc) is 2.93. The lowest BCUT2D eigenvalue weighted by molar-refractivity contribution is 0.0532.